The third kappa shape index (κ3) is 2.45. The van der Waals surface area contributed by atoms with Crippen LogP contribution >= 0.6 is 0 Å². The second-order valence-corrected chi connectivity index (χ2v) is 5.06. The highest BCUT2D eigenvalue weighted by Gasteiger charge is 2.39. The first-order chi connectivity index (χ1) is 7.63. The Hall–Kier alpha value is -0.860. The van der Waals surface area contributed by atoms with Crippen LogP contribution in [0.3, 0.4) is 0 Å². The summed E-state index contributed by atoms with van der Waals surface area (Å²) in [7, 11) is 0. The number of hydrogen-bond acceptors (Lipinski definition) is 2. The van der Waals surface area contributed by atoms with E-state index in [1.807, 2.05) is 0 Å². The minimum absolute atomic E-state index is 0.406. The minimum Gasteiger partial charge on any atom is -0.387 e. The van der Waals surface area contributed by atoms with Crippen LogP contribution in [-0.4, -0.2) is 35.2 Å². The molecule has 0 radical (unpaired) electrons. The van der Waals surface area contributed by atoms with Gasteiger partial charge in [0.15, 0.2) is 0 Å². The van der Waals surface area contributed by atoms with Gasteiger partial charge in [-0.05, 0) is 17.9 Å². The number of benzene rings is 1. The Kier molecular flexibility index (Phi) is 3.31. The standard InChI is InChI=1S/C14H21NO/c1-3-14(16)10-15(11-14)9-12(2)13-7-5-4-6-8-13/h4-8,12,16H,3,9-11H2,1-2H3/t12-/m0/s1. The maximum atomic E-state index is 9.93. The lowest BCUT2D eigenvalue weighted by molar-refractivity contribution is -0.101. The zero-order valence-electron chi connectivity index (χ0n) is 10.2. The quantitative estimate of drug-likeness (QED) is 0.839. The van der Waals surface area contributed by atoms with Gasteiger partial charge in [-0.3, -0.25) is 4.90 Å². The van der Waals surface area contributed by atoms with Crippen LogP contribution in [0.5, 0.6) is 0 Å². The summed E-state index contributed by atoms with van der Waals surface area (Å²) in [4.78, 5) is 2.33. The summed E-state index contributed by atoms with van der Waals surface area (Å²) in [5.41, 5.74) is 0.977. The van der Waals surface area contributed by atoms with Gasteiger partial charge in [0.05, 0.1) is 5.60 Å². The van der Waals surface area contributed by atoms with Crippen LogP contribution < -0.4 is 0 Å². The van der Waals surface area contributed by atoms with Crippen molar-refractivity contribution in [3.05, 3.63) is 35.9 Å². The third-order valence-electron chi connectivity index (χ3n) is 3.59. The van der Waals surface area contributed by atoms with E-state index in [1.54, 1.807) is 0 Å². The lowest BCUT2D eigenvalue weighted by Crippen LogP contribution is -2.61. The summed E-state index contributed by atoms with van der Waals surface area (Å²) in [6, 6.07) is 10.6. The molecule has 0 aromatic heterocycles. The van der Waals surface area contributed by atoms with Gasteiger partial charge in [0.25, 0.3) is 0 Å². The van der Waals surface area contributed by atoms with Crippen LogP contribution in [0, 0.1) is 0 Å². The van der Waals surface area contributed by atoms with Crippen molar-refractivity contribution in [3.8, 4) is 0 Å². The van der Waals surface area contributed by atoms with Gasteiger partial charge in [-0.2, -0.15) is 0 Å². The number of hydrogen-bond donors (Lipinski definition) is 1. The molecule has 1 atom stereocenters. The Bertz CT molecular complexity index is 330. The first-order valence-corrected chi connectivity index (χ1v) is 6.13. The predicted molar refractivity (Wildman–Crippen MR) is 66.5 cm³/mol. The van der Waals surface area contributed by atoms with Crippen LogP contribution in [-0.2, 0) is 0 Å². The van der Waals surface area contributed by atoms with Crippen molar-refractivity contribution in [1.29, 1.82) is 0 Å². The molecule has 88 valence electrons. The van der Waals surface area contributed by atoms with Crippen molar-refractivity contribution < 1.29 is 5.11 Å². The molecule has 2 heteroatoms. The van der Waals surface area contributed by atoms with Gasteiger partial charge in [-0.15, -0.1) is 0 Å². The Morgan fingerprint density at radius 1 is 1.31 bits per heavy atom. The molecule has 2 rings (SSSR count). The lowest BCUT2D eigenvalue weighted by atomic mass is 9.89. The van der Waals surface area contributed by atoms with Crippen molar-refractivity contribution in [2.75, 3.05) is 19.6 Å². The van der Waals surface area contributed by atoms with E-state index < -0.39 is 5.60 Å². The first-order valence-electron chi connectivity index (χ1n) is 6.13. The molecule has 0 aliphatic carbocycles. The molecule has 1 aromatic carbocycles. The van der Waals surface area contributed by atoms with E-state index in [0.29, 0.717) is 5.92 Å². The van der Waals surface area contributed by atoms with Crippen LogP contribution in [0.25, 0.3) is 0 Å². The second-order valence-electron chi connectivity index (χ2n) is 5.06. The van der Waals surface area contributed by atoms with Crippen LogP contribution in [0.4, 0.5) is 0 Å². The van der Waals surface area contributed by atoms with E-state index in [0.717, 1.165) is 26.1 Å². The highest BCUT2D eigenvalue weighted by atomic mass is 16.3. The number of rotatable bonds is 4. The fraction of sp³-hybridized carbons (Fsp3) is 0.571. The van der Waals surface area contributed by atoms with Crippen LogP contribution in [0.2, 0.25) is 0 Å². The highest BCUT2D eigenvalue weighted by molar-refractivity contribution is 5.19. The van der Waals surface area contributed by atoms with E-state index >= 15 is 0 Å². The minimum atomic E-state index is -0.406. The molecule has 1 heterocycles. The van der Waals surface area contributed by atoms with Gasteiger partial charge >= 0.3 is 0 Å². The Morgan fingerprint density at radius 3 is 2.50 bits per heavy atom. The molecule has 0 amide bonds. The summed E-state index contributed by atoms with van der Waals surface area (Å²) >= 11 is 0. The first kappa shape index (κ1) is 11.6. The van der Waals surface area contributed by atoms with Crippen LogP contribution in [0.15, 0.2) is 30.3 Å². The summed E-state index contributed by atoms with van der Waals surface area (Å²) in [6.45, 7) is 7.02. The van der Waals surface area contributed by atoms with E-state index in [9.17, 15) is 5.11 Å². The molecular formula is C14H21NO. The van der Waals surface area contributed by atoms with Crippen molar-refractivity contribution in [2.24, 2.45) is 0 Å². The molecule has 0 saturated carbocycles. The number of nitrogens with zero attached hydrogens (tertiary/aromatic N) is 1. The van der Waals surface area contributed by atoms with Crippen molar-refractivity contribution in [2.45, 2.75) is 31.8 Å². The smallest absolute Gasteiger partial charge is 0.0897 e. The van der Waals surface area contributed by atoms with Gasteiger partial charge in [0.2, 0.25) is 0 Å². The Labute approximate surface area is 97.9 Å². The Morgan fingerprint density at radius 2 is 1.94 bits per heavy atom. The second kappa shape index (κ2) is 4.56. The fourth-order valence-electron chi connectivity index (χ4n) is 2.41. The molecule has 1 aromatic rings. The molecule has 1 saturated heterocycles. The Balaban J connectivity index is 1.84. The van der Waals surface area contributed by atoms with E-state index in [-0.39, 0.29) is 0 Å². The lowest BCUT2D eigenvalue weighted by Gasteiger charge is -2.47. The topological polar surface area (TPSA) is 23.5 Å². The molecular weight excluding hydrogens is 198 g/mol. The molecule has 16 heavy (non-hydrogen) atoms. The van der Waals surface area contributed by atoms with Crippen molar-refractivity contribution in [1.82, 2.24) is 4.90 Å². The van der Waals surface area contributed by atoms with Gasteiger partial charge in [-0.25, -0.2) is 0 Å². The monoisotopic (exact) mass is 219 g/mol. The normalized spacial score (nSPS) is 21.4. The number of likely N-dealkylation sites (tertiary alicyclic amines) is 1. The highest BCUT2D eigenvalue weighted by Crippen LogP contribution is 2.27. The SMILES string of the molecule is CCC1(O)CN(C[C@H](C)c2ccccc2)C1. The molecule has 0 spiro atoms. The summed E-state index contributed by atoms with van der Waals surface area (Å²) in [6.07, 6.45) is 0.864. The number of aliphatic hydroxyl groups is 1. The molecule has 1 fully saturated rings. The average Bonchev–Trinajstić information content (AvgIpc) is 2.28. The van der Waals surface area contributed by atoms with Crippen molar-refractivity contribution >= 4 is 0 Å². The summed E-state index contributed by atoms with van der Waals surface area (Å²) in [5, 5.41) is 9.93. The molecule has 1 aliphatic heterocycles. The zero-order valence-corrected chi connectivity index (χ0v) is 10.2. The summed E-state index contributed by atoms with van der Waals surface area (Å²) < 4.78 is 0. The average molecular weight is 219 g/mol. The van der Waals surface area contributed by atoms with Gasteiger partial charge in [-0.1, -0.05) is 44.2 Å². The molecule has 1 aliphatic rings. The molecule has 0 unspecified atom stereocenters. The number of β-amino-alcohol motifs (C(OH)–C–C–N with tert-alkyl or cyclic N) is 1. The van der Waals surface area contributed by atoms with Crippen LogP contribution in [0.1, 0.15) is 31.7 Å². The zero-order chi connectivity index (χ0) is 11.6. The predicted octanol–water partition coefficient (Wildman–Crippen LogP) is 2.25. The molecule has 1 N–H and O–H groups in total. The maximum absolute atomic E-state index is 9.93. The fourth-order valence-corrected chi connectivity index (χ4v) is 2.41. The molecule has 0 bridgehead atoms. The van der Waals surface area contributed by atoms with Gasteiger partial charge in [0, 0.05) is 19.6 Å². The van der Waals surface area contributed by atoms with Gasteiger partial charge in [0.1, 0.15) is 0 Å². The largest absolute Gasteiger partial charge is 0.387 e. The van der Waals surface area contributed by atoms with E-state index in [1.165, 1.54) is 5.56 Å². The maximum Gasteiger partial charge on any atom is 0.0897 e. The third-order valence-corrected chi connectivity index (χ3v) is 3.59. The molecule has 2 nitrogen and oxygen atoms in total. The van der Waals surface area contributed by atoms with E-state index in [2.05, 4.69) is 49.1 Å². The van der Waals surface area contributed by atoms with E-state index in [4.69, 9.17) is 0 Å². The summed E-state index contributed by atoms with van der Waals surface area (Å²) in [5.74, 6) is 0.544. The van der Waals surface area contributed by atoms with Crippen molar-refractivity contribution in [3.63, 3.8) is 0 Å². The van der Waals surface area contributed by atoms with Gasteiger partial charge < -0.3 is 5.11 Å².